The Bertz CT molecular complexity index is 179. The van der Waals surface area contributed by atoms with Gasteiger partial charge in [0.1, 0.15) is 0 Å². The van der Waals surface area contributed by atoms with Crippen LogP contribution in [0.1, 0.15) is 0 Å². The fraction of sp³-hybridized carbons (Fsp3) is 0.500. The summed E-state index contributed by atoms with van der Waals surface area (Å²) in [6.45, 7) is 0.535. The van der Waals surface area contributed by atoms with Gasteiger partial charge in [-0.15, -0.1) is 0 Å². The minimum Gasteiger partial charge on any atom is -0.478 e. The lowest BCUT2D eigenvalue weighted by Gasteiger charge is -1.95. The largest absolute Gasteiger partial charge is 0.478 e. The molecule has 0 aliphatic carbocycles. The van der Waals surface area contributed by atoms with Gasteiger partial charge in [0.2, 0.25) is 0 Å². The van der Waals surface area contributed by atoms with Crippen molar-refractivity contribution in [2.75, 3.05) is 18.6 Å². The maximum Gasteiger partial charge on any atom is 0.329 e. The number of rotatable bonds is 5. The maximum absolute atomic E-state index is 10.5. The van der Waals surface area contributed by atoms with Gasteiger partial charge in [-0.05, 0) is 0 Å². The molecule has 0 aromatic carbocycles. The van der Waals surface area contributed by atoms with Crippen LogP contribution in [0.4, 0.5) is 0 Å². The average Bonchev–Trinajstić information content (AvgIpc) is 1.85. The number of hydrogen-bond donors (Lipinski definition) is 2. The molecule has 0 saturated carbocycles. The Morgan fingerprint density at radius 2 is 2.36 bits per heavy atom. The molecule has 64 valence electrons. The Morgan fingerprint density at radius 1 is 1.73 bits per heavy atom. The molecule has 0 aliphatic heterocycles. The molecular weight excluding hydrogens is 166 g/mol. The van der Waals surface area contributed by atoms with Gasteiger partial charge in [-0.2, -0.15) is 0 Å². The summed E-state index contributed by atoms with van der Waals surface area (Å²) in [5.74, 6) is -0.459. The zero-order valence-electron chi connectivity index (χ0n) is 6.24. The summed E-state index contributed by atoms with van der Waals surface area (Å²) in [4.78, 5) is 9.91. The molecule has 0 amide bonds. The molecule has 0 saturated heterocycles. The van der Waals surface area contributed by atoms with E-state index in [0.29, 0.717) is 12.3 Å². The second-order valence-corrected chi connectivity index (χ2v) is 3.46. The fourth-order valence-electron chi connectivity index (χ4n) is 0.416. The first-order chi connectivity index (χ1) is 5.13. The van der Waals surface area contributed by atoms with Gasteiger partial charge in [0.15, 0.2) is 0 Å². The molecule has 0 aromatic rings. The van der Waals surface area contributed by atoms with Gasteiger partial charge in [0.25, 0.3) is 0 Å². The van der Waals surface area contributed by atoms with Crippen molar-refractivity contribution in [1.29, 1.82) is 0 Å². The number of nitrogens with one attached hydrogen (secondary N) is 1. The quantitative estimate of drug-likeness (QED) is 0.441. The predicted octanol–water partition coefficient (Wildman–Crippen LogP) is -0.447. The van der Waals surface area contributed by atoms with Crippen LogP contribution in [-0.2, 0) is 15.6 Å². The molecule has 1 unspecified atom stereocenters. The molecule has 0 radical (unpaired) electrons. The second-order valence-electron chi connectivity index (χ2n) is 1.90. The highest BCUT2D eigenvalue weighted by Crippen LogP contribution is 1.72. The van der Waals surface area contributed by atoms with Crippen molar-refractivity contribution in [2.45, 2.75) is 0 Å². The molecule has 0 fully saturated rings. The van der Waals surface area contributed by atoms with Gasteiger partial charge in [-0.3, -0.25) is 4.21 Å². The summed E-state index contributed by atoms with van der Waals surface area (Å²) in [5, 5.41) is 10.8. The molecule has 2 N–H and O–H groups in total. The Labute approximate surface area is 67.8 Å². The smallest absolute Gasteiger partial charge is 0.329 e. The van der Waals surface area contributed by atoms with E-state index in [0.717, 1.165) is 6.08 Å². The van der Waals surface area contributed by atoms with Crippen molar-refractivity contribution < 1.29 is 14.1 Å². The minimum atomic E-state index is -0.991. The zero-order valence-corrected chi connectivity index (χ0v) is 7.06. The fourth-order valence-corrected chi connectivity index (χ4v) is 0.822. The summed E-state index contributed by atoms with van der Waals surface area (Å²) >= 11 is 0. The first-order valence-electron chi connectivity index (χ1n) is 3.06. The molecule has 0 bridgehead atoms. The second kappa shape index (κ2) is 5.91. The van der Waals surface area contributed by atoms with Crippen LogP contribution in [0.15, 0.2) is 12.3 Å². The van der Waals surface area contributed by atoms with Gasteiger partial charge >= 0.3 is 5.97 Å². The molecular formula is C6H11NO3S. The highest BCUT2D eigenvalue weighted by molar-refractivity contribution is 7.84. The van der Waals surface area contributed by atoms with Crippen LogP contribution in [0.3, 0.4) is 0 Å². The normalized spacial score (nSPS) is 13.2. The summed E-state index contributed by atoms with van der Waals surface area (Å²) in [5.41, 5.74) is 0. The predicted molar refractivity (Wildman–Crippen MR) is 43.7 cm³/mol. The number of carbonyl (C=O) groups is 1. The maximum atomic E-state index is 10.5. The van der Waals surface area contributed by atoms with Crippen LogP contribution in [0, 0.1) is 0 Å². The standard InChI is InChI=1S/C6H11NO3S/c1-11(10)5-4-7-3-2-6(8)9/h2-3,7H,4-5H2,1H3,(H,8,9)/b3-2+. The lowest BCUT2D eigenvalue weighted by Crippen LogP contribution is -2.14. The highest BCUT2D eigenvalue weighted by Gasteiger charge is 1.87. The van der Waals surface area contributed by atoms with E-state index in [-0.39, 0.29) is 0 Å². The van der Waals surface area contributed by atoms with Crippen molar-refractivity contribution in [2.24, 2.45) is 0 Å². The summed E-state index contributed by atoms with van der Waals surface area (Å²) < 4.78 is 10.5. The molecule has 11 heavy (non-hydrogen) atoms. The van der Waals surface area contributed by atoms with Gasteiger partial charge < -0.3 is 10.4 Å². The third-order valence-electron chi connectivity index (χ3n) is 0.878. The number of hydrogen-bond acceptors (Lipinski definition) is 3. The highest BCUT2D eigenvalue weighted by atomic mass is 32.2. The SMILES string of the molecule is CS(=O)CCN/C=C/C(=O)O. The minimum absolute atomic E-state index is 0.532. The Kier molecular flexibility index (Phi) is 5.46. The molecule has 4 nitrogen and oxygen atoms in total. The van der Waals surface area contributed by atoms with Crippen LogP contribution in [0.5, 0.6) is 0 Å². The molecule has 0 rings (SSSR count). The Hall–Kier alpha value is -0.840. The van der Waals surface area contributed by atoms with Crippen molar-refractivity contribution in [1.82, 2.24) is 5.32 Å². The van der Waals surface area contributed by atoms with Crippen LogP contribution >= 0.6 is 0 Å². The van der Waals surface area contributed by atoms with E-state index in [4.69, 9.17) is 5.11 Å². The Balaban J connectivity index is 3.27. The average molecular weight is 177 g/mol. The third-order valence-corrected chi connectivity index (χ3v) is 1.66. The topological polar surface area (TPSA) is 66.4 Å². The summed E-state index contributed by atoms with van der Waals surface area (Å²) in [7, 11) is -0.824. The lowest BCUT2D eigenvalue weighted by molar-refractivity contribution is -0.131. The van der Waals surface area contributed by atoms with Gasteiger partial charge in [-0.1, -0.05) is 0 Å². The van der Waals surface area contributed by atoms with E-state index in [9.17, 15) is 9.00 Å². The molecule has 0 heterocycles. The monoisotopic (exact) mass is 177 g/mol. The Morgan fingerprint density at radius 3 is 2.82 bits per heavy atom. The van der Waals surface area contributed by atoms with Gasteiger partial charge in [0.05, 0.1) is 0 Å². The molecule has 1 atom stereocenters. The number of carboxylic acid groups (broad SMARTS) is 1. The van der Waals surface area contributed by atoms with Crippen LogP contribution in [0.2, 0.25) is 0 Å². The number of carboxylic acids is 1. The molecule has 0 aliphatic rings. The first-order valence-corrected chi connectivity index (χ1v) is 4.78. The van der Waals surface area contributed by atoms with E-state index in [1.54, 1.807) is 6.26 Å². The summed E-state index contributed by atoms with van der Waals surface area (Å²) in [6, 6.07) is 0. The van der Waals surface area contributed by atoms with Crippen LogP contribution in [-0.4, -0.2) is 33.8 Å². The third kappa shape index (κ3) is 9.16. The van der Waals surface area contributed by atoms with Crippen molar-refractivity contribution in [3.63, 3.8) is 0 Å². The number of aliphatic carboxylic acids is 1. The van der Waals surface area contributed by atoms with Gasteiger partial charge in [0, 0.05) is 41.6 Å². The van der Waals surface area contributed by atoms with E-state index < -0.39 is 16.8 Å². The lowest BCUT2D eigenvalue weighted by atomic mass is 10.6. The van der Waals surface area contributed by atoms with Crippen LogP contribution < -0.4 is 5.32 Å². The van der Waals surface area contributed by atoms with Crippen molar-refractivity contribution in [3.05, 3.63) is 12.3 Å². The van der Waals surface area contributed by atoms with Crippen LogP contribution in [0.25, 0.3) is 0 Å². The van der Waals surface area contributed by atoms with E-state index in [1.807, 2.05) is 0 Å². The first kappa shape index (κ1) is 10.2. The van der Waals surface area contributed by atoms with E-state index in [2.05, 4.69) is 5.32 Å². The molecule has 0 spiro atoms. The summed E-state index contributed by atoms with van der Waals surface area (Å²) in [6.07, 6.45) is 3.93. The van der Waals surface area contributed by atoms with Crippen molar-refractivity contribution in [3.8, 4) is 0 Å². The van der Waals surface area contributed by atoms with Crippen molar-refractivity contribution >= 4 is 16.8 Å². The zero-order chi connectivity index (χ0) is 8.69. The van der Waals surface area contributed by atoms with E-state index >= 15 is 0 Å². The molecule has 0 aromatic heterocycles. The van der Waals surface area contributed by atoms with E-state index in [1.165, 1.54) is 6.20 Å². The molecule has 5 heteroatoms. The van der Waals surface area contributed by atoms with Gasteiger partial charge in [-0.25, -0.2) is 4.79 Å².